The van der Waals surface area contributed by atoms with Gasteiger partial charge in [0.25, 0.3) is 5.91 Å². The van der Waals surface area contributed by atoms with Crippen LogP contribution in [0.3, 0.4) is 0 Å². The molecule has 2 N–H and O–H groups in total. The zero-order chi connectivity index (χ0) is 37.7. The van der Waals surface area contributed by atoms with Crippen LogP contribution in [0.25, 0.3) is 33.1 Å². The van der Waals surface area contributed by atoms with E-state index in [0.29, 0.717) is 12.1 Å². The van der Waals surface area contributed by atoms with E-state index in [1.807, 2.05) is 53.6 Å². The molecule has 0 radical (unpaired) electrons. The Balaban J connectivity index is 1.13. The molecule has 3 heterocycles. The summed E-state index contributed by atoms with van der Waals surface area (Å²) in [5.74, 6) is 0.537. The van der Waals surface area contributed by atoms with Crippen molar-refractivity contribution in [3.05, 3.63) is 156 Å². The number of amides is 2. The van der Waals surface area contributed by atoms with E-state index in [9.17, 15) is 9.59 Å². The minimum Gasteiger partial charge on any atom is -0.453 e. The lowest BCUT2D eigenvalue weighted by atomic mass is 10.0. The zero-order valence-corrected chi connectivity index (χ0v) is 31.1. The van der Waals surface area contributed by atoms with Crippen LogP contribution in [0.4, 0.5) is 10.5 Å². The number of hydrogen-bond donors (Lipinski definition) is 2. The number of benzene rings is 5. The number of nitrogens with one attached hydrogen (secondary N) is 2. The number of aromatic nitrogens is 3. The fourth-order valence-electron chi connectivity index (χ4n) is 7.74. The predicted molar refractivity (Wildman–Crippen MR) is 219 cm³/mol. The molecular formula is C46H44N6O3. The minimum absolute atomic E-state index is 0.192. The first-order valence-corrected chi connectivity index (χ1v) is 19.0. The lowest BCUT2D eigenvalue weighted by molar-refractivity contribution is -0.134. The summed E-state index contributed by atoms with van der Waals surface area (Å²) >= 11 is 0. The van der Waals surface area contributed by atoms with E-state index in [4.69, 9.17) is 14.7 Å². The third-order valence-electron chi connectivity index (χ3n) is 10.5. The number of methoxy groups -OCH3 is 1. The van der Waals surface area contributed by atoms with E-state index in [0.717, 1.165) is 82.9 Å². The summed E-state index contributed by atoms with van der Waals surface area (Å²) in [5, 5.41) is 5.13. The summed E-state index contributed by atoms with van der Waals surface area (Å²) < 4.78 is 7.29. The van der Waals surface area contributed by atoms with E-state index in [1.54, 1.807) is 0 Å². The second kappa shape index (κ2) is 15.9. The molecule has 0 spiro atoms. The number of nitrogens with zero attached hydrogens (tertiary/aromatic N) is 4. The molecule has 5 aromatic carbocycles. The first-order chi connectivity index (χ1) is 27.0. The topological polar surface area (TPSA) is 105 Å². The number of unbranched alkanes of at least 4 members (excludes halogenated alkanes) is 1. The summed E-state index contributed by atoms with van der Waals surface area (Å²) in [6.07, 6.45) is 4.93. The number of H-pyrrole nitrogens is 1. The lowest BCUT2D eigenvalue weighted by Gasteiger charge is -2.28. The molecule has 2 atom stereocenters. The SMILES string of the molecule is CCCCn1c2cc(N=C(c3ccccc3)c3ccccc3)ccc2c2ccc(-c3cnc(C4CCCN4C(=O)[C@H](NC(=O)OC)c4ccccc4)[nH]3)cc21. The van der Waals surface area contributed by atoms with Crippen molar-refractivity contribution in [3.63, 3.8) is 0 Å². The number of aryl methyl sites for hydroxylation is 1. The number of carbonyl (C=O) groups is 2. The predicted octanol–water partition coefficient (Wildman–Crippen LogP) is 9.91. The Hall–Kier alpha value is -6.48. The second-order valence-electron chi connectivity index (χ2n) is 14.0. The number of rotatable bonds is 11. The van der Waals surface area contributed by atoms with E-state index >= 15 is 0 Å². The van der Waals surface area contributed by atoms with Crippen molar-refractivity contribution >= 4 is 45.2 Å². The van der Waals surface area contributed by atoms with Crippen LogP contribution in [0.5, 0.6) is 0 Å². The van der Waals surface area contributed by atoms with Gasteiger partial charge in [-0.05, 0) is 43.0 Å². The van der Waals surface area contributed by atoms with Gasteiger partial charge < -0.3 is 24.5 Å². The molecule has 2 amide bonds. The molecule has 1 aliphatic rings. The summed E-state index contributed by atoms with van der Waals surface area (Å²) in [7, 11) is 1.30. The Morgan fingerprint density at radius 3 is 2.20 bits per heavy atom. The fourth-order valence-corrected chi connectivity index (χ4v) is 7.74. The third kappa shape index (κ3) is 7.25. The number of carbonyl (C=O) groups excluding carboxylic acids is 2. The fraction of sp³-hybridized carbons (Fsp3) is 0.217. The molecule has 1 unspecified atom stereocenters. The molecule has 1 aliphatic heterocycles. The van der Waals surface area contributed by atoms with Crippen LogP contribution in [0.15, 0.2) is 139 Å². The van der Waals surface area contributed by atoms with E-state index in [-0.39, 0.29) is 11.9 Å². The van der Waals surface area contributed by atoms with Gasteiger partial charge in [0.1, 0.15) is 11.9 Å². The van der Waals surface area contributed by atoms with Crippen molar-refractivity contribution in [2.75, 3.05) is 13.7 Å². The van der Waals surface area contributed by atoms with E-state index in [2.05, 4.69) is 107 Å². The molecule has 9 heteroatoms. The Morgan fingerprint density at radius 2 is 1.53 bits per heavy atom. The summed E-state index contributed by atoms with van der Waals surface area (Å²) in [6.45, 7) is 3.67. The van der Waals surface area contributed by atoms with Gasteiger partial charge in [0.05, 0.1) is 42.0 Å². The van der Waals surface area contributed by atoms with Crippen LogP contribution >= 0.6 is 0 Å². The van der Waals surface area contributed by atoms with Crippen LogP contribution < -0.4 is 5.32 Å². The number of ether oxygens (including phenoxy) is 1. The van der Waals surface area contributed by atoms with Gasteiger partial charge in [0, 0.05) is 46.1 Å². The second-order valence-corrected chi connectivity index (χ2v) is 14.0. The molecular weight excluding hydrogens is 685 g/mol. The summed E-state index contributed by atoms with van der Waals surface area (Å²) in [5.41, 5.74) is 8.89. The van der Waals surface area contributed by atoms with Crippen LogP contribution in [-0.2, 0) is 16.1 Å². The number of imidazole rings is 1. The standard InChI is InChI=1S/C46H44N6O3/c1-3-4-26-51-40-28-34(38-30-47-44(49-38)39-21-14-27-52(39)45(53)43(50-46(54)55-2)33-19-12-7-13-20-33)22-24-36(40)37-25-23-35(29-41(37)51)48-42(31-15-8-5-9-16-31)32-17-10-6-11-18-32/h5-13,15-20,22-25,28-30,39,43H,3-4,14,21,26-27H2,1-2H3,(H,47,49)(H,50,54)/t39?,43-/m1/s1. The van der Waals surface area contributed by atoms with Crippen molar-refractivity contribution in [3.8, 4) is 11.3 Å². The number of fused-ring (bicyclic) bond motifs is 3. The first kappa shape index (κ1) is 35.5. The maximum Gasteiger partial charge on any atom is 0.407 e. The van der Waals surface area contributed by atoms with Crippen LogP contribution in [0, 0.1) is 0 Å². The number of aliphatic imine (C=N–C) groups is 1. The first-order valence-electron chi connectivity index (χ1n) is 19.0. The minimum atomic E-state index is -0.870. The van der Waals surface area contributed by atoms with Crippen molar-refractivity contribution in [1.82, 2.24) is 24.8 Å². The Morgan fingerprint density at radius 1 is 0.873 bits per heavy atom. The van der Waals surface area contributed by atoms with Gasteiger partial charge in [-0.3, -0.25) is 4.79 Å². The van der Waals surface area contributed by atoms with Gasteiger partial charge in [-0.2, -0.15) is 0 Å². The molecule has 55 heavy (non-hydrogen) atoms. The molecule has 0 saturated carbocycles. The molecule has 2 aromatic heterocycles. The van der Waals surface area contributed by atoms with Crippen LogP contribution in [0.2, 0.25) is 0 Å². The smallest absolute Gasteiger partial charge is 0.407 e. The Bertz CT molecular complexity index is 2430. The molecule has 8 rings (SSSR count). The highest BCUT2D eigenvalue weighted by molar-refractivity contribution is 6.14. The van der Waals surface area contributed by atoms with Crippen LogP contribution in [0.1, 0.15) is 67.2 Å². The summed E-state index contributed by atoms with van der Waals surface area (Å²) in [6, 6.07) is 42.0. The number of hydrogen-bond acceptors (Lipinski definition) is 5. The number of aromatic amines is 1. The third-order valence-corrected chi connectivity index (χ3v) is 10.5. The Kier molecular flexibility index (Phi) is 10.3. The highest BCUT2D eigenvalue weighted by atomic mass is 16.5. The molecule has 0 bridgehead atoms. The van der Waals surface area contributed by atoms with Gasteiger partial charge in [-0.15, -0.1) is 0 Å². The highest BCUT2D eigenvalue weighted by Gasteiger charge is 2.37. The van der Waals surface area contributed by atoms with Crippen molar-refractivity contribution < 1.29 is 14.3 Å². The molecule has 1 fully saturated rings. The highest BCUT2D eigenvalue weighted by Crippen LogP contribution is 2.37. The average molecular weight is 729 g/mol. The number of alkyl carbamates (subject to hydrolysis) is 1. The van der Waals surface area contributed by atoms with Crippen molar-refractivity contribution in [2.24, 2.45) is 4.99 Å². The molecule has 1 saturated heterocycles. The monoisotopic (exact) mass is 728 g/mol. The Labute approximate surface area is 320 Å². The zero-order valence-electron chi connectivity index (χ0n) is 31.1. The molecule has 0 aliphatic carbocycles. The van der Waals surface area contributed by atoms with Crippen molar-refractivity contribution in [2.45, 2.75) is 51.2 Å². The maximum atomic E-state index is 14.0. The molecule has 9 nitrogen and oxygen atoms in total. The van der Waals surface area contributed by atoms with Gasteiger partial charge in [-0.1, -0.05) is 123 Å². The quantitative estimate of drug-likeness (QED) is 0.129. The van der Waals surface area contributed by atoms with Gasteiger partial charge in [0.15, 0.2) is 0 Å². The van der Waals surface area contributed by atoms with Gasteiger partial charge in [-0.25, -0.2) is 14.8 Å². The van der Waals surface area contributed by atoms with E-state index in [1.165, 1.54) is 17.9 Å². The normalized spacial score (nSPS) is 14.6. The lowest BCUT2D eigenvalue weighted by Crippen LogP contribution is -2.42. The van der Waals surface area contributed by atoms with Gasteiger partial charge in [0.2, 0.25) is 0 Å². The maximum absolute atomic E-state index is 14.0. The van der Waals surface area contributed by atoms with Crippen molar-refractivity contribution in [1.29, 1.82) is 0 Å². The average Bonchev–Trinajstić information content (AvgIpc) is 4.00. The number of likely N-dealkylation sites (tertiary alicyclic amines) is 1. The van der Waals surface area contributed by atoms with E-state index < -0.39 is 12.1 Å². The van der Waals surface area contributed by atoms with Crippen LogP contribution in [-0.4, -0.2) is 50.8 Å². The van der Waals surface area contributed by atoms with Gasteiger partial charge >= 0.3 is 6.09 Å². The summed E-state index contributed by atoms with van der Waals surface area (Å²) in [4.78, 5) is 41.8. The molecule has 7 aromatic rings. The molecule has 276 valence electrons. The largest absolute Gasteiger partial charge is 0.453 e.